The third-order valence-corrected chi connectivity index (χ3v) is 5.22. The fourth-order valence-corrected chi connectivity index (χ4v) is 3.29. The van der Waals surface area contributed by atoms with E-state index in [1.165, 1.54) is 6.26 Å². The number of hydrogen-bond acceptors (Lipinski definition) is 4. The molecule has 3 aromatic carbocycles. The summed E-state index contributed by atoms with van der Waals surface area (Å²) in [7, 11) is 0. The van der Waals surface area contributed by atoms with Crippen LogP contribution in [0.15, 0.2) is 86.7 Å². The van der Waals surface area contributed by atoms with Gasteiger partial charge in [-0.1, -0.05) is 51.8 Å². The van der Waals surface area contributed by atoms with Crippen LogP contribution in [-0.2, 0) is 0 Å². The third-order valence-electron chi connectivity index (χ3n) is 4.44. The van der Waals surface area contributed by atoms with Gasteiger partial charge in [-0.2, -0.15) is 0 Å². The predicted octanol–water partition coefficient (Wildman–Crippen LogP) is 6.14. The molecule has 0 fully saturated rings. The lowest BCUT2D eigenvalue weighted by atomic mass is 10.1. The Morgan fingerprint density at radius 1 is 1.00 bits per heavy atom. The summed E-state index contributed by atoms with van der Waals surface area (Å²) in [5, 5.41) is 1.03. The zero-order valence-corrected chi connectivity index (χ0v) is 17.4. The van der Waals surface area contributed by atoms with E-state index in [9.17, 15) is 9.59 Å². The largest absolute Gasteiger partial charge is 0.485 e. The number of ketones is 1. The van der Waals surface area contributed by atoms with Crippen molar-refractivity contribution in [3.05, 3.63) is 98.3 Å². The van der Waals surface area contributed by atoms with Gasteiger partial charge in [0, 0.05) is 21.1 Å². The van der Waals surface area contributed by atoms with Crippen molar-refractivity contribution < 1.29 is 13.9 Å². The molecule has 0 aliphatic rings. The van der Waals surface area contributed by atoms with Crippen LogP contribution >= 0.6 is 27.5 Å². The second kappa shape index (κ2) is 8.23. The molecule has 0 atom stereocenters. The Kier molecular flexibility index (Phi) is 5.51. The van der Waals surface area contributed by atoms with Gasteiger partial charge in [-0.05, 0) is 42.0 Å². The van der Waals surface area contributed by atoms with Gasteiger partial charge in [0.05, 0.1) is 10.9 Å². The van der Waals surface area contributed by atoms with Crippen LogP contribution in [-0.4, -0.2) is 12.4 Å². The molecule has 29 heavy (non-hydrogen) atoms. The first-order valence-electron chi connectivity index (χ1n) is 8.74. The van der Waals surface area contributed by atoms with Gasteiger partial charge in [-0.25, -0.2) is 0 Å². The molecule has 144 valence electrons. The molecule has 0 amide bonds. The summed E-state index contributed by atoms with van der Waals surface area (Å²) >= 11 is 9.25. The first-order valence-corrected chi connectivity index (χ1v) is 9.91. The smallest absolute Gasteiger partial charge is 0.200 e. The molecule has 4 rings (SSSR count). The van der Waals surface area contributed by atoms with Crippen LogP contribution < -0.4 is 10.2 Å². The van der Waals surface area contributed by atoms with Crippen molar-refractivity contribution in [2.24, 2.45) is 0 Å². The SMILES string of the molecule is O=C(COc1ccc2c(=O)c(-c3ccc(Cl)cc3)coc2c1)c1ccc(Br)cc1. The van der Waals surface area contributed by atoms with E-state index in [-0.39, 0.29) is 17.8 Å². The summed E-state index contributed by atoms with van der Waals surface area (Å²) in [4.78, 5) is 25.1. The zero-order chi connectivity index (χ0) is 20.4. The predicted molar refractivity (Wildman–Crippen MR) is 117 cm³/mol. The number of hydrogen-bond donors (Lipinski definition) is 0. The summed E-state index contributed by atoms with van der Waals surface area (Å²) in [6.45, 7) is -0.111. The van der Waals surface area contributed by atoms with Crippen molar-refractivity contribution >= 4 is 44.3 Å². The van der Waals surface area contributed by atoms with Crippen LogP contribution in [0.5, 0.6) is 5.75 Å². The Bertz CT molecular complexity index is 1240. The van der Waals surface area contributed by atoms with Crippen LogP contribution in [0.3, 0.4) is 0 Å². The van der Waals surface area contributed by atoms with E-state index < -0.39 is 0 Å². The summed E-state index contributed by atoms with van der Waals surface area (Å²) in [5.41, 5.74) is 1.99. The normalized spacial score (nSPS) is 10.8. The average Bonchev–Trinajstić information content (AvgIpc) is 2.73. The monoisotopic (exact) mass is 468 g/mol. The molecule has 0 saturated heterocycles. The van der Waals surface area contributed by atoms with Gasteiger partial charge >= 0.3 is 0 Å². The maximum Gasteiger partial charge on any atom is 0.200 e. The van der Waals surface area contributed by atoms with Crippen molar-refractivity contribution in [1.82, 2.24) is 0 Å². The molecular formula is C23H14BrClO4. The number of carbonyl (C=O) groups is 1. The highest BCUT2D eigenvalue weighted by molar-refractivity contribution is 9.10. The zero-order valence-electron chi connectivity index (χ0n) is 15.0. The molecule has 4 aromatic rings. The molecule has 0 spiro atoms. The fraction of sp³-hybridized carbons (Fsp3) is 0.0435. The first-order chi connectivity index (χ1) is 14.0. The number of carbonyl (C=O) groups excluding carboxylic acids is 1. The molecule has 0 aliphatic heterocycles. The van der Waals surface area contributed by atoms with Crippen LogP contribution in [0.25, 0.3) is 22.1 Å². The lowest BCUT2D eigenvalue weighted by Gasteiger charge is -2.07. The van der Waals surface area contributed by atoms with Gasteiger partial charge in [0.25, 0.3) is 0 Å². The molecule has 0 saturated carbocycles. The molecule has 1 aromatic heterocycles. The summed E-state index contributed by atoms with van der Waals surface area (Å²) < 4.78 is 12.1. The highest BCUT2D eigenvalue weighted by atomic mass is 79.9. The topological polar surface area (TPSA) is 56.5 Å². The Labute approximate surface area is 179 Å². The van der Waals surface area contributed by atoms with Crippen molar-refractivity contribution in [1.29, 1.82) is 0 Å². The van der Waals surface area contributed by atoms with E-state index in [1.807, 2.05) is 0 Å². The maximum absolute atomic E-state index is 12.8. The second-order valence-electron chi connectivity index (χ2n) is 6.36. The molecule has 0 aliphatic carbocycles. The van der Waals surface area contributed by atoms with Crippen molar-refractivity contribution in [3.63, 3.8) is 0 Å². The van der Waals surface area contributed by atoms with Crippen LogP contribution in [0.2, 0.25) is 5.02 Å². The minimum Gasteiger partial charge on any atom is -0.485 e. The lowest BCUT2D eigenvalue weighted by Crippen LogP contribution is -2.11. The lowest BCUT2D eigenvalue weighted by molar-refractivity contribution is 0.0921. The molecule has 0 unspecified atom stereocenters. The number of benzene rings is 3. The minimum atomic E-state index is -0.147. The quantitative estimate of drug-likeness (QED) is 0.330. The molecular weight excluding hydrogens is 456 g/mol. The molecule has 0 radical (unpaired) electrons. The van der Waals surface area contributed by atoms with Gasteiger partial charge < -0.3 is 9.15 Å². The average molecular weight is 470 g/mol. The number of rotatable bonds is 5. The third kappa shape index (κ3) is 4.26. The highest BCUT2D eigenvalue weighted by Gasteiger charge is 2.11. The number of Topliss-reactive ketones (excluding diaryl/α,β-unsaturated/α-hetero) is 1. The maximum atomic E-state index is 12.8. The van der Waals surface area contributed by atoms with Gasteiger partial charge in [0.1, 0.15) is 17.6 Å². The molecule has 4 nitrogen and oxygen atoms in total. The number of ether oxygens (including phenoxy) is 1. The molecule has 0 N–H and O–H groups in total. The molecule has 6 heteroatoms. The first kappa shape index (κ1) is 19.4. The van der Waals surface area contributed by atoms with Gasteiger partial charge in [-0.3, -0.25) is 9.59 Å². The van der Waals surface area contributed by atoms with Gasteiger partial charge in [-0.15, -0.1) is 0 Å². The standard InChI is InChI=1S/C23H14BrClO4/c24-16-5-1-15(2-6-16)21(26)13-28-18-9-10-19-22(11-18)29-12-20(23(19)27)14-3-7-17(25)8-4-14/h1-12H,13H2. The number of halogens is 2. The van der Waals surface area contributed by atoms with E-state index in [4.69, 9.17) is 20.8 Å². The van der Waals surface area contributed by atoms with E-state index in [2.05, 4.69) is 15.9 Å². The summed E-state index contributed by atoms with van der Waals surface area (Å²) in [6, 6.07) is 18.9. The second-order valence-corrected chi connectivity index (χ2v) is 7.71. The van der Waals surface area contributed by atoms with Crippen molar-refractivity contribution in [2.45, 2.75) is 0 Å². The number of fused-ring (bicyclic) bond motifs is 1. The summed E-state index contributed by atoms with van der Waals surface area (Å²) in [6.07, 6.45) is 1.42. The highest BCUT2D eigenvalue weighted by Crippen LogP contribution is 2.24. The fourth-order valence-electron chi connectivity index (χ4n) is 2.90. The van der Waals surface area contributed by atoms with Crippen LogP contribution in [0.1, 0.15) is 10.4 Å². The Hall–Kier alpha value is -2.89. The van der Waals surface area contributed by atoms with Crippen LogP contribution in [0.4, 0.5) is 0 Å². The Balaban J connectivity index is 1.56. The summed E-state index contributed by atoms with van der Waals surface area (Å²) in [5.74, 6) is 0.308. The van der Waals surface area contributed by atoms with Gasteiger partial charge in [0.15, 0.2) is 17.8 Å². The minimum absolute atomic E-state index is 0.111. The van der Waals surface area contributed by atoms with E-state index in [1.54, 1.807) is 66.7 Å². The van der Waals surface area contributed by atoms with Crippen molar-refractivity contribution in [2.75, 3.05) is 6.61 Å². The molecule has 0 bridgehead atoms. The molecule has 1 heterocycles. The van der Waals surface area contributed by atoms with Crippen molar-refractivity contribution in [3.8, 4) is 16.9 Å². The van der Waals surface area contributed by atoms with E-state index >= 15 is 0 Å². The van der Waals surface area contributed by atoms with Gasteiger partial charge in [0.2, 0.25) is 0 Å². The Morgan fingerprint density at radius 2 is 1.72 bits per heavy atom. The van der Waals surface area contributed by atoms with Crippen LogP contribution in [0, 0.1) is 0 Å². The van der Waals surface area contributed by atoms with E-state index in [0.717, 1.165) is 10.0 Å². The Morgan fingerprint density at radius 3 is 2.45 bits per heavy atom. The van der Waals surface area contributed by atoms with E-state index in [0.29, 0.717) is 32.9 Å².